The number of nitrogens with one attached hydrogen (secondary N) is 3. The highest BCUT2D eigenvalue weighted by atomic mass is 32.1. The van der Waals surface area contributed by atoms with E-state index in [1.54, 1.807) is 11.3 Å². The van der Waals surface area contributed by atoms with Crippen LogP contribution in [0.1, 0.15) is 35.0 Å². The van der Waals surface area contributed by atoms with Crippen molar-refractivity contribution in [2.75, 3.05) is 23.7 Å². The van der Waals surface area contributed by atoms with Crippen molar-refractivity contribution in [3.05, 3.63) is 57.3 Å². The molecule has 1 aromatic carbocycles. The number of fused-ring (bicyclic) bond motifs is 1. The number of anilines is 2. The SMILES string of the molecule is CC1(/C(C=N)=C2\Nc3cc(F)cc(C(N)=O)c3N2)CCN(Cc2cccs2)CC1. The van der Waals surface area contributed by atoms with Crippen LogP contribution >= 0.6 is 11.3 Å². The Kier molecular flexibility index (Phi) is 5.14. The predicted octanol–water partition coefficient (Wildman–Crippen LogP) is 3.99. The van der Waals surface area contributed by atoms with Crippen molar-refractivity contribution < 1.29 is 9.18 Å². The molecular weight excluding hydrogens is 389 g/mol. The van der Waals surface area contributed by atoms with Gasteiger partial charge in [-0.05, 0) is 54.9 Å². The Morgan fingerprint density at radius 1 is 1.38 bits per heavy atom. The fourth-order valence-electron chi connectivity index (χ4n) is 4.11. The number of primary amides is 1. The lowest BCUT2D eigenvalue weighted by molar-refractivity contribution is 0.100. The molecule has 0 saturated carbocycles. The first-order valence-electron chi connectivity index (χ1n) is 9.57. The van der Waals surface area contributed by atoms with E-state index < -0.39 is 11.7 Å². The Bertz CT molecular complexity index is 977. The molecule has 0 bridgehead atoms. The van der Waals surface area contributed by atoms with Gasteiger partial charge >= 0.3 is 0 Å². The maximum Gasteiger partial charge on any atom is 0.250 e. The molecule has 1 amide bonds. The van der Waals surface area contributed by atoms with E-state index in [2.05, 4.69) is 40.0 Å². The molecule has 0 unspecified atom stereocenters. The highest BCUT2D eigenvalue weighted by Crippen LogP contribution is 2.43. The third-order valence-corrected chi connectivity index (χ3v) is 6.72. The van der Waals surface area contributed by atoms with Gasteiger partial charge in [-0.3, -0.25) is 9.69 Å². The lowest BCUT2D eigenvalue weighted by Gasteiger charge is -2.40. The summed E-state index contributed by atoms with van der Waals surface area (Å²) >= 11 is 1.77. The zero-order chi connectivity index (χ0) is 20.6. The van der Waals surface area contributed by atoms with Crippen molar-refractivity contribution in [1.82, 2.24) is 4.90 Å². The monoisotopic (exact) mass is 413 g/mol. The first-order chi connectivity index (χ1) is 13.9. The summed E-state index contributed by atoms with van der Waals surface area (Å²) in [5, 5.41) is 16.5. The molecule has 0 atom stereocenters. The second kappa shape index (κ2) is 7.61. The van der Waals surface area contributed by atoms with Gasteiger partial charge in [-0.15, -0.1) is 11.3 Å². The molecule has 2 aromatic rings. The molecule has 152 valence electrons. The Balaban J connectivity index is 1.56. The molecule has 0 spiro atoms. The van der Waals surface area contributed by atoms with Gasteiger partial charge in [0.05, 0.1) is 16.9 Å². The van der Waals surface area contributed by atoms with Crippen LogP contribution in [0.15, 0.2) is 41.0 Å². The van der Waals surface area contributed by atoms with E-state index in [0.29, 0.717) is 17.2 Å². The number of piperidine rings is 1. The molecule has 5 N–H and O–H groups in total. The second-order valence-electron chi connectivity index (χ2n) is 7.84. The first kappa shape index (κ1) is 19.6. The Morgan fingerprint density at radius 3 is 2.76 bits per heavy atom. The van der Waals surface area contributed by atoms with Crippen LogP contribution in [0.25, 0.3) is 0 Å². The lowest BCUT2D eigenvalue weighted by Crippen LogP contribution is -2.40. The number of rotatable bonds is 5. The van der Waals surface area contributed by atoms with Crippen LogP contribution in [0.3, 0.4) is 0 Å². The minimum absolute atomic E-state index is 0.0998. The minimum atomic E-state index is -0.694. The Labute approximate surface area is 173 Å². The fourth-order valence-corrected chi connectivity index (χ4v) is 4.85. The molecule has 2 aliphatic heterocycles. The zero-order valence-corrected chi connectivity index (χ0v) is 17.0. The van der Waals surface area contributed by atoms with Crippen molar-refractivity contribution in [1.29, 1.82) is 5.41 Å². The van der Waals surface area contributed by atoms with Gasteiger partial charge in [0.1, 0.15) is 11.6 Å². The minimum Gasteiger partial charge on any atom is -0.366 e. The number of benzene rings is 1. The summed E-state index contributed by atoms with van der Waals surface area (Å²) in [7, 11) is 0. The number of carbonyl (C=O) groups is 1. The maximum absolute atomic E-state index is 13.9. The average molecular weight is 414 g/mol. The second-order valence-corrected chi connectivity index (χ2v) is 8.87. The van der Waals surface area contributed by atoms with Crippen molar-refractivity contribution in [2.45, 2.75) is 26.3 Å². The van der Waals surface area contributed by atoms with Gasteiger partial charge in [-0.25, -0.2) is 4.39 Å². The number of halogens is 1. The van der Waals surface area contributed by atoms with E-state index >= 15 is 0 Å². The quantitative estimate of drug-likeness (QED) is 0.558. The normalized spacial score (nSPS) is 19.8. The largest absolute Gasteiger partial charge is 0.366 e. The van der Waals surface area contributed by atoms with E-state index in [1.807, 2.05) is 0 Å². The van der Waals surface area contributed by atoms with Gasteiger partial charge in [0.25, 0.3) is 5.91 Å². The summed E-state index contributed by atoms with van der Waals surface area (Å²) < 4.78 is 13.9. The van der Waals surface area contributed by atoms with Crippen molar-refractivity contribution in [3.63, 3.8) is 0 Å². The van der Waals surface area contributed by atoms with E-state index in [0.717, 1.165) is 44.1 Å². The van der Waals surface area contributed by atoms with Gasteiger partial charge in [-0.1, -0.05) is 13.0 Å². The highest BCUT2D eigenvalue weighted by Gasteiger charge is 2.36. The summed E-state index contributed by atoms with van der Waals surface area (Å²) in [6, 6.07) is 6.69. The summed E-state index contributed by atoms with van der Waals surface area (Å²) in [6.07, 6.45) is 3.17. The van der Waals surface area contributed by atoms with Gasteiger partial charge in [0.15, 0.2) is 0 Å². The third kappa shape index (κ3) is 3.77. The Hall–Kier alpha value is -2.71. The van der Waals surface area contributed by atoms with Crippen molar-refractivity contribution in [3.8, 4) is 0 Å². The van der Waals surface area contributed by atoms with Gasteiger partial charge < -0.3 is 21.8 Å². The van der Waals surface area contributed by atoms with Crippen LogP contribution in [-0.4, -0.2) is 30.1 Å². The molecule has 0 aliphatic carbocycles. The van der Waals surface area contributed by atoms with E-state index in [1.165, 1.54) is 17.2 Å². The molecule has 1 fully saturated rings. The lowest BCUT2D eigenvalue weighted by atomic mass is 9.74. The van der Waals surface area contributed by atoms with E-state index in [9.17, 15) is 9.18 Å². The van der Waals surface area contributed by atoms with Gasteiger partial charge in [-0.2, -0.15) is 0 Å². The highest BCUT2D eigenvalue weighted by molar-refractivity contribution is 7.09. The van der Waals surface area contributed by atoms with Crippen LogP contribution in [0.5, 0.6) is 0 Å². The average Bonchev–Trinajstić information content (AvgIpc) is 3.33. The third-order valence-electron chi connectivity index (χ3n) is 5.86. The first-order valence-corrected chi connectivity index (χ1v) is 10.4. The molecule has 8 heteroatoms. The fraction of sp³-hybridized carbons (Fsp3) is 0.333. The summed E-state index contributed by atoms with van der Waals surface area (Å²) in [5.41, 5.74) is 7.06. The number of amides is 1. The number of allylic oxidation sites excluding steroid dienone is 1. The Morgan fingerprint density at radius 2 is 2.14 bits per heavy atom. The van der Waals surface area contributed by atoms with Crippen LogP contribution in [-0.2, 0) is 6.54 Å². The molecule has 2 aliphatic rings. The number of likely N-dealkylation sites (tertiary alicyclic amines) is 1. The van der Waals surface area contributed by atoms with Crippen LogP contribution in [0, 0.1) is 16.6 Å². The van der Waals surface area contributed by atoms with Crippen molar-refractivity contribution in [2.24, 2.45) is 11.1 Å². The molecule has 3 heterocycles. The van der Waals surface area contributed by atoms with Crippen LogP contribution in [0.2, 0.25) is 0 Å². The number of hydrogen-bond acceptors (Lipinski definition) is 6. The van der Waals surface area contributed by atoms with Crippen LogP contribution in [0.4, 0.5) is 15.8 Å². The molecule has 0 radical (unpaired) electrons. The maximum atomic E-state index is 13.9. The molecule has 6 nitrogen and oxygen atoms in total. The molecule has 1 saturated heterocycles. The standard InChI is InChI=1S/C21H24FN5OS/c1-21(4-6-27(7-5-21)12-14-3-2-8-29-14)16(11-23)20-25-17-10-13(22)9-15(19(24)28)18(17)26-20/h2-3,8-11,23,25-26H,4-7,12H2,1H3,(H2,24,28)/b20-16+,23-11?. The number of nitrogens with zero attached hydrogens (tertiary/aromatic N) is 1. The topological polar surface area (TPSA) is 94.2 Å². The number of hydrogen-bond donors (Lipinski definition) is 4. The van der Waals surface area contributed by atoms with E-state index in [-0.39, 0.29) is 11.0 Å². The molecule has 1 aromatic heterocycles. The molecule has 4 rings (SSSR count). The zero-order valence-electron chi connectivity index (χ0n) is 16.2. The van der Waals surface area contributed by atoms with E-state index in [4.69, 9.17) is 11.1 Å². The molecule has 29 heavy (non-hydrogen) atoms. The van der Waals surface area contributed by atoms with Crippen LogP contribution < -0.4 is 16.4 Å². The number of thiophene rings is 1. The predicted molar refractivity (Wildman–Crippen MR) is 115 cm³/mol. The summed E-state index contributed by atoms with van der Waals surface area (Å²) in [4.78, 5) is 15.5. The number of nitrogens with two attached hydrogens (primary N) is 1. The van der Waals surface area contributed by atoms with Gasteiger partial charge in [0.2, 0.25) is 0 Å². The molecular formula is C21H24FN5OS. The van der Waals surface area contributed by atoms with Crippen molar-refractivity contribution >= 4 is 34.8 Å². The van der Waals surface area contributed by atoms with Gasteiger partial charge in [0, 0.05) is 23.2 Å². The summed E-state index contributed by atoms with van der Waals surface area (Å²) in [5.74, 6) is -0.601. The smallest absolute Gasteiger partial charge is 0.250 e. The summed E-state index contributed by atoms with van der Waals surface area (Å²) in [6.45, 7) is 4.98. The number of carbonyl (C=O) groups excluding carboxylic acids is 1.